The van der Waals surface area contributed by atoms with Gasteiger partial charge < -0.3 is 26.6 Å². The van der Waals surface area contributed by atoms with Crippen molar-refractivity contribution in [2.24, 2.45) is 5.92 Å². The van der Waals surface area contributed by atoms with E-state index in [1.165, 1.54) is 19.2 Å². The molecular weight excluding hydrogens is 450 g/mol. The number of aromatic nitrogens is 2. The molecule has 2 amide bonds. The highest BCUT2D eigenvalue weighted by Gasteiger charge is 2.31. The highest BCUT2D eigenvalue weighted by atomic mass is 16.3. The summed E-state index contributed by atoms with van der Waals surface area (Å²) in [6, 6.07) is 10.4. The van der Waals surface area contributed by atoms with Crippen LogP contribution in [0.1, 0.15) is 58.2 Å². The van der Waals surface area contributed by atoms with E-state index in [0.29, 0.717) is 5.56 Å². The van der Waals surface area contributed by atoms with Gasteiger partial charge in [-0.1, -0.05) is 44.2 Å². The predicted octanol–water partition coefficient (Wildman–Crippen LogP) is 2.60. The lowest BCUT2D eigenvalue weighted by Gasteiger charge is -2.24. The number of nitrogen functional groups attached to an aromatic ring is 1. The number of ketones is 1. The molecule has 2 atom stereocenters. The molecule has 184 valence electrons. The van der Waals surface area contributed by atoms with Crippen LogP contribution in [0.4, 0.5) is 5.82 Å². The Morgan fingerprint density at radius 2 is 1.71 bits per heavy atom. The van der Waals surface area contributed by atoms with Crippen LogP contribution >= 0.6 is 0 Å². The van der Waals surface area contributed by atoms with Crippen LogP contribution < -0.4 is 16.4 Å². The van der Waals surface area contributed by atoms with Crippen molar-refractivity contribution in [3.63, 3.8) is 0 Å². The van der Waals surface area contributed by atoms with E-state index in [2.05, 4.69) is 20.6 Å². The Balaban J connectivity index is 1.81. The second kappa shape index (κ2) is 10.7. The first-order valence-corrected chi connectivity index (χ1v) is 11.1. The number of rotatable bonds is 9. The number of H-pyrrole nitrogens is 1. The van der Waals surface area contributed by atoms with Crippen LogP contribution in [0, 0.1) is 12.8 Å². The van der Waals surface area contributed by atoms with Crippen molar-refractivity contribution in [3.05, 3.63) is 70.9 Å². The quantitative estimate of drug-likeness (QED) is 0.256. The molecule has 7 N–H and O–H groups in total. The Morgan fingerprint density at radius 1 is 1.03 bits per heavy atom. The maximum atomic E-state index is 13.1. The number of nitrogens with one attached hydrogen (secondary N) is 3. The molecule has 35 heavy (non-hydrogen) atoms. The largest absolute Gasteiger partial charge is 0.494 e. The number of nitrogens with two attached hydrogens (primary N) is 1. The summed E-state index contributed by atoms with van der Waals surface area (Å²) in [6.07, 6.45) is 1.32. The van der Waals surface area contributed by atoms with E-state index in [4.69, 9.17) is 5.73 Å². The van der Waals surface area contributed by atoms with E-state index in [0.717, 1.165) is 0 Å². The van der Waals surface area contributed by atoms with Crippen molar-refractivity contribution >= 4 is 23.4 Å². The summed E-state index contributed by atoms with van der Waals surface area (Å²) in [4.78, 5) is 45.3. The molecule has 0 spiro atoms. The Hall–Kier alpha value is -4.34. The normalized spacial score (nSPS) is 12.7. The van der Waals surface area contributed by atoms with Crippen molar-refractivity contribution in [3.8, 4) is 11.8 Å². The van der Waals surface area contributed by atoms with Gasteiger partial charge in [-0.25, -0.2) is 4.98 Å². The number of Topliss-reactive ketones (excluding diaryl/α,β-unsaturated/α-hetero) is 1. The molecule has 10 heteroatoms. The number of amides is 2. The lowest BCUT2D eigenvalue weighted by atomic mass is 9.93. The molecule has 0 radical (unpaired) electrons. The molecule has 0 aliphatic heterocycles. The zero-order chi connectivity index (χ0) is 25.7. The summed E-state index contributed by atoms with van der Waals surface area (Å²) in [7, 11) is 0. The smallest absolute Gasteiger partial charge is 0.255 e. The molecule has 0 unspecified atom stereocenters. The van der Waals surface area contributed by atoms with E-state index in [9.17, 15) is 24.6 Å². The molecule has 0 saturated heterocycles. The lowest BCUT2D eigenvalue weighted by Crippen LogP contribution is -2.45. The summed E-state index contributed by atoms with van der Waals surface area (Å²) in [6.45, 7) is 5.00. The van der Waals surface area contributed by atoms with Crippen LogP contribution in [-0.2, 0) is 4.79 Å². The standard InChI is InChI=1S/C25H29N5O5/c1-13(2)20(21(32)19-14(3)23(33)30-25(19)35)29-18(31)12-17(15-8-5-4-6-9-15)28-24(34)16-10-7-11-27-22(16)26/h4-11,13,17,20,30,33,35H,12H2,1-3H3,(H2,26,27)(H,28,34)(H,29,31)/t17-,20-/m0/s1. The number of aromatic amines is 1. The molecule has 2 heterocycles. The number of pyridine rings is 1. The fraction of sp³-hybridized carbons (Fsp3) is 0.280. The zero-order valence-corrected chi connectivity index (χ0v) is 19.7. The number of hydrogen-bond acceptors (Lipinski definition) is 7. The fourth-order valence-corrected chi connectivity index (χ4v) is 3.76. The summed E-state index contributed by atoms with van der Waals surface area (Å²) in [5.74, 6) is -2.55. The van der Waals surface area contributed by atoms with Crippen molar-refractivity contribution in [2.75, 3.05) is 5.73 Å². The number of hydrogen-bond donors (Lipinski definition) is 6. The number of carbonyl (C=O) groups is 3. The van der Waals surface area contributed by atoms with E-state index in [-0.39, 0.29) is 40.7 Å². The van der Waals surface area contributed by atoms with Gasteiger partial charge in [0.1, 0.15) is 5.82 Å². The molecule has 0 aliphatic rings. The van der Waals surface area contributed by atoms with Crippen LogP contribution in [0.25, 0.3) is 0 Å². The molecule has 3 rings (SSSR count). The lowest BCUT2D eigenvalue weighted by molar-refractivity contribution is -0.122. The number of aromatic hydroxyl groups is 2. The Labute approximate surface area is 202 Å². The number of anilines is 1. The van der Waals surface area contributed by atoms with Gasteiger partial charge in [-0.15, -0.1) is 0 Å². The Kier molecular flexibility index (Phi) is 7.75. The van der Waals surface area contributed by atoms with E-state index < -0.39 is 35.6 Å². The maximum absolute atomic E-state index is 13.1. The number of nitrogens with zero attached hydrogens (tertiary/aromatic N) is 1. The molecule has 0 bridgehead atoms. The van der Waals surface area contributed by atoms with Crippen LogP contribution in [0.3, 0.4) is 0 Å². The summed E-state index contributed by atoms with van der Waals surface area (Å²) < 4.78 is 0. The first-order chi connectivity index (χ1) is 16.6. The highest BCUT2D eigenvalue weighted by molar-refractivity contribution is 6.05. The number of benzene rings is 1. The zero-order valence-electron chi connectivity index (χ0n) is 19.7. The van der Waals surface area contributed by atoms with Crippen molar-refractivity contribution in [2.45, 2.75) is 39.3 Å². The van der Waals surface area contributed by atoms with Gasteiger partial charge in [0.05, 0.1) is 29.6 Å². The minimum absolute atomic E-state index is 0.0664. The van der Waals surface area contributed by atoms with Crippen LogP contribution in [-0.4, -0.2) is 43.8 Å². The topological polar surface area (TPSA) is 170 Å². The minimum Gasteiger partial charge on any atom is -0.494 e. The second-order valence-electron chi connectivity index (χ2n) is 8.55. The third-order valence-corrected chi connectivity index (χ3v) is 5.70. The minimum atomic E-state index is -0.969. The average molecular weight is 480 g/mol. The molecule has 0 saturated carbocycles. The Bertz CT molecular complexity index is 1220. The molecule has 0 fully saturated rings. The van der Waals surface area contributed by atoms with Crippen LogP contribution in [0.15, 0.2) is 48.7 Å². The van der Waals surface area contributed by atoms with Crippen molar-refractivity contribution in [1.29, 1.82) is 0 Å². The predicted molar refractivity (Wildman–Crippen MR) is 130 cm³/mol. The summed E-state index contributed by atoms with van der Waals surface area (Å²) >= 11 is 0. The molecule has 1 aromatic carbocycles. The fourth-order valence-electron chi connectivity index (χ4n) is 3.76. The van der Waals surface area contributed by atoms with Crippen molar-refractivity contribution < 1.29 is 24.6 Å². The highest BCUT2D eigenvalue weighted by Crippen LogP contribution is 2.30. The second-order valence-corrected chi connectivity index (χ2v) is 8.55. The molecule has 10 nitrogen and oxygen atoms in total. The van der Waals surface area contributed by atoms with Crippen LogP contribution in [0.2, 0.25) is 0 Å². The monoisotopic (exact) mass is 479 g/mol. The van der Waals surface area contributed by atoms with Gasteiger partial charge >= 0.3 is 0 Å². The molecule has 3 aromatic rings. The van der Waals surface area contributed by atoms with Crippen molar-refractivity contribution in [1.82, 2.24) is 20.6 Å². The third-order valence-electron chi connectivity index (χ3n) is 5.70. The molecule has 2 aromatic heterocycles. The van der Waals surface area contributed by atoms with E-state index in [1.807, 2.05) is 6.07 Å². The van der Waals surface area contributed by atoms with Gasteiger partial charge in [0.25, 0.3) is 5.91 Å². The molecule has 0 aliphatic carbocycles. The van der Waals surface area contributed by atoms with Crippen LogP contribution in [0.5, 0.6) is 11.8 Å². The first kappa shape index (κ1) is 25.3. The molecular formula is C25H29N5O5. The van der Waals surface area contributed by atoms with Gasteiger partial charge in [-0.3, -0.25) is 19.4 Å². The maximum Gasteiger partial charge on any atom is 0.255 e. The number of carbonyl (C=O) groups excluding carboxylic acids is 3. The van der Waals surface area contributed by atoms with Gasteiger partial charge in [0.2, 0.25) is 11.8 Å². The Morgan fingerprint density at radius 3 is 2.29 bits per heavy atom. The van der Waals surface area contributed by atoms with Gasteiger partial charge in [-0.2, -0.15) is 0 Å². The van der Waals surface area contributed by atoms with Gasteiger partial charge in [-0.05, 0) is 30.5 Å². The van der Waals surface area contributed by atoms with Gasteiger partial charge in [0.15, 0.2) is 11.7 Å². The van der Waals surface area contributed by atoms with Gasteiger partial charge in [0, 0.05) is 11.8 Å². The van der Waals surface area contributed by atoms with E-state index >= 15 is 0 Å². The average Bonchev–Trinajstić information content (AvgIpc) is 3.08. The third kappa shape index (κ3) is 5.78. The van der Waals surface area contributed by atoms with E-state index in [1.54, 1.807) is 44.2 Å². The summed E-state index contributed by atoms with van der Waals surface area (Å²) in [5.41, 5.74) is 6.80. The first-order valence-electron chi connectivity index (χ1n) is 11.1. The SMILES string of the molecule is Cc1c(O)[nH]c(O)c1C(=O)[C@@H](NC(=O)C[C@H](NC(=O)c1cccnc1N)c1ccccc1)C(C)C. The summed E-state index contributed by atoms with van der Waals surface area (Å²) in [5, 5.41) is 25.4.